The van der Waals surface area contributed by atoms with Gasteiger partial charge in [0.15, 0.2) is 0 Å². The first-order valence-corrected chi connectivity index (χ1v) is 20.2. The van der Waals surface area contributed by atoms with E-state index in [0.29, 0.717) is 0 Å². The molecule has 0 heterocycles. The minimum atomic E-state index is 0.734. The van der Waals surface area contributed by atoms with Crippen molar-refractivity contribution in [1.82, 2.24) is 5.32 Å². The molecule has 0 bridgehead atoms. The summed E-state index contributed by atoms with van der Waals surface area (Å²) in [6.07, 6.45) is 58.6. The molecule has 46 heavy (non-hydrogen) atoms. The molecule has 0 spiro atoms. The Morgan fingerprint density at radius 2 is 0.783 bits per heavy atom. The molecule has 0 aromatic heterocycles. The van der Waals surface area contributed by atoms with Crippen LogP contribution in [0.4, 0.5) is 0 Å². The predicted molar refractivity (Wildman–Crippen MR) is 212 cm³/mol. The van der Waals surface area contributed by atoms with Gasteiger partial charge in [-0.05, 0) is 103 Å². The van der Waals surface area contributed by atoms with Crippen molar-refractivity contribution in [1.29, 1.82) is 0 Å². The third-order valence-corrected chi connectivity index (χ3v) is 8.39. The Bertz CT molecular complexity index is 625. The molecular formula is C44H83NO. The second kappa shape index (κ2) is 45.6. The maximum atomic E-state index is 5.89. The van der Waals surface area contributed by atoms with Crippen LogP contribution in [0, 0.1) is 5.92 Å². The normalized spacial score (nSPS) is 12.1. The van der Waals surface area contributed by atoms with E-state index < -0.39 is 0 Å². The Morgan fingerprint density at radius 3 is 1.15 bits per heavy atom. The van der Waals surface area contributed by atoms with Gasteiger partial charge < -0.3 is 10.1 Å². The third-order valence-electron chi connectivity index (χ3n) is 8.39. The van der Waals surface area contributed by atoms with Crippen molar-refractivity contribution in [2.45, 2.75) is 194 Å². The van der Waals surface area contributed by atoms with Crippen LogP contribution in [-0.4, -0.2) is 20.7 Å². The first kappa shape index (κ1) is 46.6. The van der Waals surface area contributed by atoms with Crippen LogP contribution in [0.5, 0.6) is 0 Å². The van der Waals surface area contributed by atoms with Crippen LogP contribution in [0.3, 0.4) is 0 Å². The van der Waals surface area contributed by atoms with Crippen molar-refractivity contribution in [3.63, 3.8) is 0 Å². The van der Waals surface area contributed by atoms with Gasteiger partial charge >= 0.3 is 0 Å². The van der Waals surface area contributed by atoms with Gasteiger partial charge in [-0.3, -0.25) is 0 Å². The lowest BCUT2D eigenvalue weighted by molar-refractivity contribution is 0.176. The van der Waals surface area contributed by atoms with Crippen molar-refractivity contribution in [2.24, 2.45) is 5.92 Å². The molecule has 0 radical (unpaired) electrons. The SMILES string of the molecule is CC/C=C/OCC(CCCCCCCC/C=C\C/C=C\CCCCC)CCCCCCCC/C=C\C/C=C\CCCCC.CNC. The van der Waals surface area contributed by atoms with E-state index in [1.165, 1.54) is 154 Å². The fourth-order valence-corrected chi connectivity index (χ4v) is 5.51. The Labute approximate surface area is 291 Å². The van der Waals surface area contributed by atoms with E-state index in [0.717, 1.165) is 31.8 Å². The number of rotatable bonds is 34. The number of hydrogen-bond donors (Lipinski definition) is 1. The molecule has 0 atom stereocenters. The molecule has 270 valence electrons. The molecule has 0 aliphatic rings. The van der Waals surface area contributed by atoms with E-state index in [-0.39, 0.29) is 0 Å². The van der Waals surface area contributed by atoms with Crippen molar-refractivity contribution in [3.05, 3.63) is 60.9 Å². The van der Waals surface area contributed by atoms with Crippen LogP contribution in [0.1, 0.15) is 194 Å². The van der Waals surface area contributed by atoms with E-state index >= 15 is 0 Å². The molecule has 0 amide bonds. The van der Waals surface area contributed by atoms with E-state index in [1.807, 2.05) is 20.4 Å². The molecule has 0 unspecified atom stereocenters. The second-order valence-corrected chi connectivity index (χ2v) is 13.2. The van der Waals surface area contributed by atoms with Crippen LogP contribution < -0.4 is 5.32 Å². The fraction of sp³-hybridized carbons (Fsp3) is 0.773. The molecule has 0 rings (SSSR count). The molecule has 0 aliphatic heterocycles. The van der Waals surface area contributed by atoms with Gasteiger partial charge in [0.1, 0.15) is 0 Å². The summed E-state index contributed by atoms with van der Waals surface area (Å²) in [5.74, 6) is 0.734. The first-order valence-electron chi connectivity index (χ1n) is 20.2. The van der Waals surface area contributed by atoms with Crippen molar-refractivity contribution in [2.75, 3.05) is 20.7 Å². The molecule has 0 fully saturated rings. The van der Waals surface area contributed by atoms with Gasteiger partial charge in [-0.1, -0.05) is 165 Å². The summed E-state index contributed by atoms with van der Waals surface area (Å²) >= 11 is 0. The summed E-state index contributed by atoms with van der Waals surface area (Å²) in [4.78, 5) is 0. The van der Waals surface area contributed by atoms with Gasteiger partial charge in [0.05, 0.1) is 12.9 Å². The Balaban J connectivity index is 0. The maximum absolute atomic E-state index is 5.89. The molecule has 2 nitrogen and oxygen atoms in total. The second-order valence-electron chi connectivity index (χ2n) is 13.2. The highest BCUT2D eigenvalue weighted by Crippen LogP contribution is 2.20. The van der Waals surface area contributed by atoms with E-state index in [4.69, 9.17) is 4.74 Å². The predicted octanol–water partition coefficient (Wildman–Crippen LogP) is 14.8. The van der Waals surface area contributed by atoms with Gasteiger partial charge in [0.2, 0.25) is 0 Å². The minimum Gasteiger partial charge on any atom is -0.501 e. The zero-order valence-corrected chi connectivity index (χ0v) is 32.1. The number of unbranched alkanes of at least 4 members (excludes halogenated alkanes) is 18. The molecule has 0 aliphatic carbocycles. The zero-order valence-electron chi connectivity index (χ0n) is 32.1. The highest BCUT2D eigenvalue weighted by molar-refractivity contribution is 4.93. The van der Waals surface area contributed by atoms with E-state index in [2.05, 4.69) is 80.8 Å². The largest absolute Gasteiger partial charge is 0.501 e. The summed E-state index contributed by atoms with van der Waals surface area (Å²) in [5, 5.41) is 2.75. The third kappa shape index (κ3) is 44.6. The van der Waals surface area contributed by atoms with Crippen molar-refractivity contribution >= 4 is 0 Å². The van der Waals surface area contributed by atoms with Crippen LogP contribution in [0.15, 0.2) is 60.9 Å². The van der Waals surface area contributed by atoms with Crippen LogP contribution in [0.2, 0.25) is 0 Å². The van der Waals surface area contributed by atoms with Crippen molar-refractivity contribution in [3.8, 4) is 0 Å². The number of nitrogens with one attached hydrogen (secondary N) is 1. The number of allylic oxidation sites excluding steroid dienone is 9. The number of hydrogen-bond acceptors (Lipinski definition) is 2. The lowest BCUT2D eigenvalue weighted by Gasteiger charge is -2.16. The van der Waals surface area contributed by atoms with E-state index in [1.54, 1.807) is 0 Å². The summed E-state index contributed by atoms with van der Waals surface area (Å²) in [6.45, 7) is 7.63. The van der Waals surface area contributed by atoms with Gasteiger partial charge in [-0.2, -0.15) is 0 Å². The smallest absolute Gasteiger partial charge is 0.0901 e. The first-order chi connectivity index (χ1) is 22.8. The summed E-state index contributed by atoms with van der Waals surface area (Å²) in [5.41, 5.74) is 0. The Hall–Kier alpha value is -1.54. The summed E-state index contributed by atoms with van der Waals surface area (Å²) < 4.78 is 5.89. The number of ether oxygens (including phenoxy) is 1. The lowest BCUT2D eigenvalue weighted by Crippen LogP contribution is -2.08. The van der Waals surface area contributed by atoms with Crippen LogP contribution >= 0.6 is 0 Å². The minimum absolute atomic E-state index is 0.734. The summed E-state index contributed by atoms with van der Waals surface area (Å²) in [6, 6.07) is 0. The summed E-state index contributed by atoms with van der Waals surface area (Å²) in [7, 11) is 3.75. The van der Waals surface area contributed by atoms with Gasteiger partial charge in [0, 0.05) is 0 Å². The molecule has 0 aromatic rings. The monoisotopic (exact) mass is 642 g/mol. The topological polar surface area (TPSA) is 21.3 Å². The van der Waals surface area contributed by atoms with Gasteiger partial charge in [0.25, 0.3) is 0 Å². The molecule has 0 saturated heterocycles. The fourth-order valence-electron chi connectivity index (χ4n) is 5.51. The Morgan fingerprint density at radius 1 is 0.435 bits per heavy atom. The lowest BCUT2D eigenvalue weighted by atomic mass is 9.94. The Kier molecular flexibility index (Phi) is 46.2. The molecule has 2 heteroatoms. The highest BCUT2D eigenvalue weighted by Gasteiger charge is 2.09. The van der Waals surface area contributed by atoms with Crippen LogP contribution in [0.25, 0.3) is 0 Å². The highest BCUT2D eigenvalue weighted by atomic mass is 16.5. The van der Waals surface area contributed by atoms with Crippen LogP contribution in [-0.2, 0) is 4.74 Å². The quantitative estimate of drug-likeness (QED) is 0.0429. The van der Waals surface area contributed by atoms with Crippen molar-refractivity contribution < 1.29 is 4.74 Å². The average Bonchev–Trinajstić information content (AvgIpc) is 3.06. The molecular weight excluding hydrogens is 558 g/mol. The molecule has 0 saturated carbocycles. The zero-order chi connectivity index (χ0) is 33.9. The van der Waals surface area contributed by atoms with Gasteiger partial charge in [-0.25, -0.2) is 0 Å². The maximum Gasteiger partial charge on any atom is 0.0901 e. The van der Waals surface area contributed by atoms with Gasteiger partial charge in [-0.15, -0.1) is 0 Å². The molecule has 1 N–H and O–H groups in total. The average molecular weight is 642 g/mol. The standard InChI is InChI=1S/C42H76O.C2H7N/c1-4-7-10-12-14-16-18-20-22-24-26-28-30-32-34-36-38-42(41-43-40-9-6-3)39-37-35-33-31-29-27-25-23-21-19-17-15-13-11-8-5-2;1-3-2/h9,14-17,20-23,40,42H,4-8,10-13,18-19,24-39,41H2,1-3H3;3H,1-2H3/b16-14-,17-15-,22-20-,23-21-,40-9+;. The molecule has 0 aromatic carbocycles. The van der Waals surface area contributed by atoms with E-state index in [9.17, 15) is 0 Å².